The number of hydrogen-bond donors (Lipinski definition) is 2. The first-order valence-corrected chi connectivity index (χ1v) is 15.8. The van der Waals surface area contributed by atoms with Gasteiger partial charge in [-0.2, -0.15) is 0 Å². The summed E-state index contributed by atoms with van der Waals surface area (Å²) < 4.78 is 22.5. The Morgan fingerprint density at radius 1 is 0.826 bits per heavy atom. The minimum Gasteiger partial charge on any atom is -0.458 e. The Morgan fingerprint density at radius 3 is 2.00 bits per heavy atom. The van der Waals surface area contributed by atoms with Crippen LogP contribution in [-0.4, -0.2) is 71.4 Å². The van der Waals surface area contributed by atoms with Crippen molar-refractivity contribution in [3.63, 3.8) is 0 Å². The number of carbonyl (C=O) groups is 4. The number of rotatable bonds is 13. The highest BCUT2D eigenvalue weighted by molar-refractivity contribution is 5.90. The van der Waals surface area contributed by atoms with E-state index in [0.29, 0.717) is 26.0 Å². The van der Waals surface area contributed by atoms with Gasteiger partial charge in [-0.15, -0.1) is 0 Å². The Bertz CT molecular complexity index is 1270. The van der Waals surface area contributed by atoms with Crippen LogP contribution in [0.1, 0.15) is 78.4 Å². The second-order valence-electron chi connectivity index (χ2n) is 13.4. The fourth-order valence-electron chi connectivity index (χ4n) is 4.81. The molecule has 1 aliphatic rings. The zero-order valence-corrected chi connectivity index (χ0v) is 27.9. The van der Waals surface area contributed by atoms with Gasteiger partial charge in [-0.25, -0.2) is 14.4 Å². The van der Waals surface area contributed by atoms with Gasteiger partial charge in [0.15, 0.2) is 0 Å². The standard InChI is InChI=1S/C35H49N3O8/c1-34(2,3)45-31(40)28(19-13-14-20-36-32(41)44-24-26-17-11-8-12-18-26)37-30(39)29-21-27(43-23-25-15-9-7-10-16-25)22-38(29)33(42)46-35(4,5)6/h7-12,15-18,27-29H,13-14,19-24H2,1-6H3,(H,36,41)(H,37,39)/t27-,28+,29+/m1/s1. The van der Waals surface area contributed by atoms with Gasteiger partial charge in [0, 0.05) is 13.0 Å². The van der Waals surface area contributed by atoms with Crippen LogP contribution in [0.2, 0.25) is 0 Å². The second kappa shape index (κ2) is 17.0. The number of alkyl carbamates (subject to hydrolysis) is 1. The summed E-state index contributed by atoms with van der Waals surface area (Å²) in [5.74, 6) is -1.06. The van der Waals surface area contributed by atoms with E-state index in [0.717, 1.165) is 11.1 Å². The number of hydrogen-bond acceptors (Lipinski definition) is 8. The molecule has 3 atom stereocenters. The topological polar surface area (TPSA) is 132 Å². The highest BCUT2D eigenvalue weighted by Crippen LogP contribution is 2.25. The molecular formula is C35H49N3O8. The van der Waals surface area contributed by atoms with Crippen LogP contribution < -0.4 is 10.6 Å². The average molecular weight is 640 g/mol. The molecule has 0 saturated carbocycles. The highest BCUT2D eigenvalue weighted by Gasteiger charge is 2.43. The molecular weight excluding hydrogens is 590 g/mol. The highest BCUT2D eigenvalue weighted by atomic mass is 16.6. The lowest BCUT2D eigenvalue weighted by Gasteiger charge is -2.29. The Labute approximate surface area is 272 Å². The third kappa shape index (κ3) is 13.1. The maximum Gasteiger partial charge on any atom is 0.411 e. The van der Waals surface area contributed by atoms with Crippen molar-refractivity contribution >= 4 is 24.1 Å². The largest absolute Gasteiger partial charge is 0.458 e. The van der Waals surface area contributed by atoms with Crippen LogP contribution >= 0.6 is 0 Å². The van der Waals surface area contributed by atoms with Gasteiger partial charge >= 0.3 is 18.2 Å². The fraction of sp³-hybridized carbons (Fsp3) is 0.543. The first-order valence-electron chi connectivity index (χ1n) is 15.8. The molecule has 46 heavy (non-hydrogen) atoms. The van der Waals surface area contributed by atoms with E-state index in [4.69, 9.17) is 18.9 Å². The van der Waals surface area contributed by atoms with Crippen LogP contribution in [0.3, 0.4) is 0 Å². The summed E-state index contributed by atoms with van der Waals surface area (Å²) >= 11 is 0. The lowest BCUT2D eigenvalue weighted by atomic mass is 10.1. The molecule has 0 unspecified atom stereocenters. The number of carbonyl (C=O) groups excluding carboxylic acids is 4. The lowest BCUT2D eigenvalue weighted by Crippen LogP contribution is -2.52. The molecule has 11 nitrogen and oxygen atoms in total. The van der Waals surface area contributed by atoms with Crippen molar-refractivity contribution in [2.24, 2.45) is 0 Å². The number of ether oxygens (including phenoxy) is 4. The van der Waals surface area contributed by atoms with Crippen molar-refractivity contribution in [2.75, 3.05) is 13.1 Å². The van der Waals surface area contributed by atoms with Crippen molar-refractivity contribution in [3.8, 4) is 0 Å². The Hall–Kier alpha value is -4.12. The van der Waals surface area contributed by atoms with Crippen LogP contribution in [0.25, 0.3) is 0 Å². The Balaban J connectivity index is 1.60. The molecule has 1 saturated heterocycles. The zero-order valence-electron chi connectivity index (χ0n) is 27.9. The summed E-state index contributed by atoms with van der Waals surface area (Å²) in [6, 6.07) is 17.2. The van der Waals surface area contributed by atoms with E-state index >= 15 is 0 Å². The Kier molecular flexibility index (Phi) is 13.4. The van der Waals surface area contributed by atoms with Gasteiger partial charge in [0.05, 0.1) is 19.3 Å². The van der Waals surface area contributed by atoms with Gasteiger partial charge in [-0.3, -0.25) is 9.69 Å². The molecule has 0 aromatic heterocycles. The molecule has 2 aromatic rings. The van der Waals surface area contributed by atoms with E-state index in [1.807, 2.05) is 60.7 Å². The van der Waals surface area contributed by atoms with Crippen molar-refractivity contribution in [2.45, 2.75) is 110 Å². The molecule has 2 aromatic carbocycles. The first-order chi connectivity index (χ1) is 21.7. The third-order valence-electron chi connectivity index (χ3n) is 6.93. The zero-order chi connectivity index (χ0) is 33.7. The minimum absolute atomic E-state index is 0.166. The van der Waals surface area contributed by atoms with Gasteiger partial charge in [-0.1, -0.05) is 60.7 Å². The molecule has 1 aliphatic heterocycles. The molecule has 0 spiro atoms. The predicted octanol–water partition coefficient (Wildman–Crippen LogP) is 5.50. The van der Waals surface area contributed by atoms with Crippen molar-refractivity contribution in [1.82, 2.24) is 15.5 Å². The average Bonchev–Trinajstić information content (AvgIpc) is 3.42. The molecule has 3 rings (SSSR count). The summed E-state index contributed by atoms with van der Waals surface area (Å²) in [7, 11) is 0. The van der Waals surface area contributed by atoms with Crippen LogP contribution in [-0.2, 0) is 41.8 Å². The van der Waals surface area contributed by atoms with Gasteiger partial charge in [0.1, 0.15) is 29.9 Å². The molecule has 252 valence electrons. The van der Waals surface area contributed by atoms with Crippen molar-refractivity contribution in [1.29, 1.82) is 0 Å². The predicted molar refractivity (Wildman–Crippen MR) is 173 cm³/mol. The summed E-state index contributed by atoms with van der Waals surface area (Å²) in [6.45, 7) is 11.5. The second-order valence-corrected chi connectivity index (χ2v) is 13.4. The normalized spacial score (nSPS) is 17.1. The van der Waals surface area contributed by atoms with E-state index in [1.165, 1.54) is 4.90 Å². The maximum absolute atomic E-state index is 13.7. The van der Waals surface area contributed by atoms with Crippen LogP contribution in [0.4, 0.5) is 9.59 Å². The van der Waals surface area contributed by atoms with Crippen molar-refractivity contribution < 1.29 is 38.1 Å². The molecule has 1 heterocycles. The number of amides is 3. The van der Waals surface area contributed by atoms with E-state index < -0.39 is 53.5 Å². The van der Waals surface area contributed by atoms with Gasteiger partial charge in [0.25, 0.3) is 0 Å². The molecule has 2 N–H and O–H groups in total. The summed E-state index contributed by atoms with van der Waals surface area (Å²) in [5, 5.41) is 5.54. The molecule has 1 fully saturated rings. The summed E-state index contributed by atoms with van der Waals surface area (Å²) in [4.78, 5) is 53.5. The van der Waals surface area contributed by atoms with Crippen LogP contribution in [0.15, 0.2) is 60.7 Å². The minimum atomic E-state index is -0.957. The number of esters is 1. The van der Waals surface area contributed by atoms with Crippen LogP contribution in [0, 0.1) is 0 Å². The lowest BCUT2D eigenvalue weighted by molar-refractivity contribution is -0.159. The Morgan fingerprint density at radius 2 is 1.41 bits per heavy atom. The van der Waals surface area contributed by atoms with Crippen molar-refractivity contribution in [3.05, 3.63) is 71.8 Å². The molecule has 0 bridgehead atoms. The monoisotopic (exact) mass is 639 g/mol. The number of nitrogens with zero attached hydrogens (tertiary/aromatic N) is 1. The molecule has 11 heteroatoms. The summed E-state index contributed by atoms with van der Waals surface area (Å²) in [5.41, 5.74) is 0.330. The van der Waals surface area contributed by atoms with E-state index in [2.05, 4.69) is 10.6 Å². The number of likely N-dealkylation sites (tertiary alicyclic amines) is 1. The molecule has 3 amide bonds. The summed E-state index contributed by atoms with van der Waals surface area (Å²) in [6.07, 6.45) is -0.00474. The first kappa shape index (κ1) is 36.3. The van der Waals surface area contributed by atoms with Gasteiger partial charge < -0.3 is 29.6 Å². The van der Waals surface area contributed by atoms with E-state index in [-0.39, 0.29) is 26.0 Å². The number of unbranched alkanes of at least 4 members (excludes halogenated alkanes) is 1. The van der Waals surface area contributed by atoms with E-state index in [1.54, 1.807) is 41.5 Å². The third-order valence-corrected chi connectivity index (χ3v) is 6.93. The smallest absolute Gasteiger partial charge is 0.411 e. The fourth-order valence-corrected chi connectivity index (χ4v) is 4.81. The number of benzene rings is 2. The SMILES string of the molecule is CC(C)(C)OC(=O)[C@H](CCCCNC(=O)OCc1ccccc1)NC(=O)[C@@H]1C[C@@H](OCc2ccccc2)CN1C(=O)OC(C)(C)C. The maximum atomic E-state index is 13.7. The van der Waals surface area contributed by atoms with Gasteiger partial charge in [-0.05, 0) is 71.9 Å². The quantitative estimate of drug-likeness (QED) is 0.167. The van der Waals surface area contributed by atoms with Crippen LogP contribution in [0.5, 0.6) is 0 Å². The molecule has 0 radical (unpaired) electrons. The van der Waals surface area contributed by atoms with E-state index in [9.17, 15) is 19.2 Å². The molecule has 0 aliphatic carbocycles. The number of nitrogens with one attached hydrogen (secondary N) is 2. The van der Waals surface area contributed by atoms with Gasteiger partial charge in [0.2, 0.25) is 5.91 Å².